The van der Waals surface area contributed by atoms with Gasteiger partial charge in [-0.3, -0.25) is 4.79 Å². The van der Waals surface area contributed by atoms with Gasteiger partial charge in [0, 0.05) is 12.3 Å². The maximum Gasteiger partial charge on any atom is 0.274 e. The third kappa shape index (κ3) is 2.74. The SMILES string of the molecule is COc1ccnc(C(=O)NC2CCc3cc(C)cc(C)c32)c1O. The number of fused-ring (bicyclic) bond motifs is 1. The van der Waals surface area contributed by atoms with Gasteiger partial charge < -0.3 is 15.2 Å². The number of nitrogens with zero attached hydrogens (tertiary/aromatic N) is 1. The van der Waals surface area contributed by atoms with E-state index >= 15 is 0 Å². The summed E-state index contributed by atoms with van der Waals surface area (Å²) in [6, 6.07) is 5.77. The van der Waals surface area contributed by atoms with Gasteiger partial charge in [0.2, 0.25) is 0 Å². The Bertz CT molecular complexity index is 771. The fraction of sp³-hybridized carbons (Fsp3) is 0.333. The Morgan fingerprint density at radius 1 is 1.39 bits per heavy atom. The van der Waals surface area contributed by atoms with E-state index in [0.717, 1.165) is 12.8 Å². The topological polar surface area (TPSA) is 71.5 Å². The van der Waals surface area contributed by atoms with Crippen LogP contribution in [0.3, 0.4) is 0 Å². The van der Waals surface area contributed by atoms with Gasteiger partial charge >= 0.3 is 0 Å². The Morgan fingerprint density at radius 3 is 2.91 bits per heavy atom. The Hall–Kier alpha value is -2.56. The lowest BCUT2D eigenvalue weighted by Crippen LogP contribution is -2.28. The summed E-state index contributed by atoms with van der Waals surface area (Å²) < 4.78 is 5.02. The number of carbonyl (C=O) groups excluding carboxylic acids is 1. The van der Waals surface area contributed by atoms with E-state index in [1.807, 2.05) is 0 Å². The average molecular weight is 312 g/mol. The molecule has 0 radical (unpaired) electrons. The summed E-state index contributed by atoms with van der Waals surface area (Å²) in [5.74, 6) is -0.380. The van der Waals surface area contributed by atoms with Gasteiger partial charge in [-0.1, -0.05) is 17.7 Å². The van der Waals surface area contributed by atoms with E-state index in [2.05, 4.69) is 36.3 Å². The maximum atomic E-state index is 12.5. The molecule has 0 saturated carbocycles. The number of benzene rings is 1. The van der Waals surface area contributed by atoms with Crippen LogP contribution in [0.25, 0.3) is 0 Å². The van der Waals surface area contributed by atoms with E-state index in [9.17, 15) is 9.90 Å². The minimum absolute atomic E-state index is 0.0115. The summed E-state index contributed by atoms with van der Waals surface area (Å²) in [5, 5.41) is 13.1. The molecule has 2 N–H and O–H groups in total. The molecule has 1 aromatic carbocycles. The summed E-state index contributed by atoms with van der Waals surface area (Å²) in [4.78, 5) is 16.5. The molecule has 1 unspecified atom stereocenters. The van der Waals surface area contributed by atoms with Crippen molar-refractivity contribution in [3.63, 3.8) is 0 Å². The zero-order chi connectivity index (χ0) is 16.6. The molecule has 5 heteroatoms. The van der Waals surface area contributed by atoms with Gasteiger partial charge in [-0.05, 0) is 43.4 Å². The number of methoxy groups -OCH3 is 1. The Kier molecular flexibility index (Phi) is 3.94. The van der Waals surface area contributed by atoms with Crippen LogP contribution in [0.4, 0.5) is 0 Å². The van der Waals surface area contributed by atoms with Gasteiger partial charge in [-0.25, -0.2) is 4.98 Å². The molecule has 1 aliphatic rings. The van der Waals surface area contributed by atoms with Crippen molar-refractivity contribution in [2.75, 3.05) is 7.11 Å². The largest absolute Gasteiger partial charge is 0.503 e. The fourth-order valence-corrected chi connectivity index (χ4v) is 3.35. The number of aromatic hydroxyl groups is 1. The second-order valence-electron chi connectivity index (χ2n) is 5.93. The first-order valence-electron chi connectivity index (χ1n) is 7.64. The van der Waals surface area contributed by atoms with Crippen LogP contribution >= 0.6 is 0 Å². The molecule has 23 heavy (non-hydrogen) atoms. The molecule has 120 valence electrons. The highest BCUT2D eigenvalue weighted by Crippen LogP contribution is 2.35. The lowest BCUT2D eigenvalue weighted by molar-refractivity contribution is 0.0928. The fourth-order valence-electron chi connectivity index (χ4n) is 3.35. The molecule has 3 rings (SSSR count). The van der Waals surface area contributed by atoms with Crippen molar-refractivity contribution >= 4 is 5.91 Å². The van der Waals surface area contributed by atoms with E-state index in [0.29, 0.717) is 0 Å². The van der Waals surface area contributed by atoms with Crippen molar-refractivity contribution in [1.82, 2.24) is 10.3 Å². The van der Waals surface area contributed by atoms with Crippen molar-refractivity contribution in [1.29, 1.82) is 0 Å². The van der Waals surface area contributed by atoms with Gasteiger partial charge in [0.05, 0.1) is 13.2 Å². The van der Waals surface area contributed by atoms with E-state index in [1.165, 1.54) is 41.6 Å². The molecule has 5 nitrogen and oxygen atoms in total. The van der Waals surface area contributed by atoms with Crippen LogP contribution in [0, 0.1) is 13.8 Å². The number of ether oxygens (including phenoxy) is 1. The molecule has 1 heterocycles. The van der Waals surface area contributed by atoms with Crippen molar-refractivity contribution in [2.24, 2.45) is 0 Å². The molecule has 1 aromatic heterocycles. The van der Waals surface area contributed by atoms with E-state index in [-0.39, 0.29) is 29.1 Å². The molecule has 0 bridgehead atoms. The third-order valence-corrected chi connectivity index (χ3v) is 4.30. The third-order valence-electron chi connectivity index (χ3n) is 4.30. The number of aromatic nitrogens is 1. The summed E-state index contributed by atoms with van der Waals surface area (Å²) >= 11 is 0. The number of amides is 1. The van der Waals surface area contributed by atoms with E-state index < -0.39 is 0 Å². The van der Waals surface area contributed by atoms with Gasteiger partial charge in [0.1, 0.15) is 0 Å². The standard InChI is InChI=1S/C18H20N2O3/c1-10-8-11(2)15-12(9-10)4-5-13(15)20-18(22)16-17(21)14(23-3)6-7-19-16/h6-9,13,21H,4-5H2,1-3H3,(H,20,22). The number of nitrogens with one attached hydrogen (secondary N) is 1. The zero-order valence-electron chi connectivity index (χ0n) is 13.5. The summed E-state index contributed by atoms with van der Waals surface area (Å²) in [5.41, 5.74) is 4.88. The van der Waals surface area contributed by atoms with Crippen molar-refractivity contribution in [2.45, 2.75) is 32.7 Å². The van der Waals surface area contributed by atoms with Crippen LogP contribution in [0.5, 0.6) is 11.5 Å². The van der Waals surface area contributed by atoms with Crippen LogP contribution in [0.2, 0.25) is 0 Å². The van der Waals surface area contributed by atoms with E-state index in [4.69, 9.17) is 4.74 Å². The number of hydrogen-bond donors (Lipinski definition) is 2. The second kappa shape index (κ2) is 5.91. The molecular weight excluding hydrogens is 292 g/mol. The summed E-state index contributed by atoms with van der Waals surface area (Å²) in [7, 11) is 1.44. The first kappa shape index (κ1) is 15.3. The van der Waals surface area contributed by atoms with Crippen LogP contribution in [0.15, 0.2) is 24.4 Å². The smallest absolute Gasteiger partial charge is 0.274 e. The van der Waals surface area contributed by atoms with Crippen molar-refractivity contribution in [3.05, 3.63) is 52.3 Å². The van der Waals surface area contributed by atoms with Gasteiger partial charge in [0.25, 0.3) is 5.91 Å². The molecule has 0 fully saturated rings. The first-order valence-corrected chi connectivity index (χ1v) is 7.64. The highest BCUT2D eigenvalue weighted by molar-refractivity contribution is 5.95. The molecule has 0 saturated heterocycles. The Morgan fingerprint density at radius 2 is 2.17 bits per heavy atom. The highest BCUT2D eigenvalue weighted by Gasteiger charge is 2.27. The van der Waals surface area contributed by atoms with Gasteiger partial charge in [-0.15, -0.1) is 0 Å². The molecule has 1 aliphatic carbocycles. The monoisotopic (exact) mass is 312 g/mol. The Balaban J connectivity index is 1.87. The second-order valence-corrected chi connectivity index (χ2v) is 5.93. The van der Waals surface area contributed by atoms with Crippen LogP contribution in [-0.4, -0.2) is 23.1 Å². The number of carbonyl (C=O) groups is 1. The molecule has 1 amide bonds. The Labute approximate surface area is 135 Å². The molecular formula is C18H20N2O3. The number of rotatable bonds is 3. The highest BCUT2D eigenvalue weighted by atomic mass is 16.5. The number of pyridine rings is 1. The average Bonchev–Trinajstić information content (AvgIpc) is 2.90. The van der Waals surface area contributed by atoms with Crippen molar-refractivity contribution in [3.8, 4) is 11.5 Å². The lowest BCUT2D eigenvalue weighted by Gasteiger charge is -2.17. The van der Waals surface area contributed by atoms with Gasteiger partial charge in [0.15, 0.2) is 17.2 Å². The minimum atomic E-state index is -0.390. The normalized spacial score (nSPS) is 16.0. The van der Waals surface area contributed by atoms with Crippen LogP contribution in [0.1, 0.15) is 45.2 Å². The number of aryl methyl sites for hydroxylation is 3. The van der Waals surface area contributed by atoms with E-state index in [1.54, 1.807) is 0 Å². The number of hydrogen-bond acceptors (Lipinski definition) is 4. The van der Waals surface area contributed by atoms with Crippen molar-refractivity contribution < 1.29 is 14.6 Å². The van der Waals surface area contributed by atoms with Crippen LogP contribution < -0.4 is 10.1 Å². The minimum Gasteiger partial charge on any atom is -0.503 e. The molecule has 0 spiro atoms. The predicted octanol–water partition coefficient (Wildman–Crippen LogP) is 2.83. The predicted molar refractivity (Wildman–Crippen MR) is 86.9 cm³/mol. The quantitative estimate of drug-likeness (QED) is 0.914. The molecule has 1 atom stereocenters. The zero-order valence-corrected chi connectivity index (χ0v) is 13.5. The first-order chi connectivity index (χ1) is 11.0. The lowest BCUT2D eigenvalue weighted by atomic mass is 9.99. The molecule has 2 aromatic rings. The summed E-state index contributed by atoms with van der Waals surface area (Å²) in [6.07, 6.45) is 3.25. The molecule has 0 aliphatic heterocycles. The summed E-state index contributed by atoms with van der Waals surface area (Å²) in [6.45, 7) is 4.15. The van der Waals surface area contributed by atoms with Crippen LogP contribution in [-0.2, 0) is 6.42 Å². The van der Waals surface area contributed by atoms with Gasteiger partial charge in [-0.2, -0.15) is 0 Å². The maximum absolute atomic E-state index is 12.5.